The molecule has 2 aliphatic heterocycles. The van der Waals surface area contributed by atoms with E-state index in [0.29, 0.717) is 5.56 Å². The number of pyridine rings is 1. The van der Waals surface area contributed by atoms with Crippen molar-refractivity contribution in [3.63, 3.8) is 0 Å². The van der Waals surface area contributed by atoms with E-state index in [2.05, 4.69) is 39.0 Å². The Hall–Kier alpha value is -1.49. The number of benzene rings is 1. The molecule has 0 amide bonds. The molecule has 6 heteroatoms. The zero-order chi connectivity index (χ0) is 17.9. The first-order valence-corrected chi connectivity index (χ1v) is 10.2. The first-order chi connectivity index (χ1) is 12.7. The number of anilines is 1. The number of hydrogen-bond donors (Lipinski definition) is 1. The van der Waals surface area contributed by atoms with E-state index in [0.717, 1.165) is 30.4 Å². The van der Waals surface area contributed by atoms with E-state index in [4.69, 9.17) is 11.6 Å². The van der Waals surface area contributed by atoms with E-state index in [1.165, 1.54) is 44.5 Å². The Balaban J connectivity index is 0.00000210. The van der Waals surface area contributed by atoms with E-state index < -0.39 is 0 Å². The Morgan fingerprint density at radius 2 is 1.63 bits per heavy atom. The van der Waals surface area contributed by atoms with Crippen molar-refractivity contribution in [1.82, 2.24) is 9.88 Å². The molecular formula is C21H27Cl2N3O. The highest BCUT2D eigenvalue weighted by atomic mass is 35.5. The van der Waals surface area contributed by atoms with Gasteiger partial charge in [0.2, 0.25) is 0 Å². The van der Waals surface area contributed by atoms with Crippen LogP contribution in [0.3, 0.4) is 0 Å². The molecule has 4 nitrogen and oxygen atoms in total. The van der Waals surface area contributed by atoms with Gasteiger partial charge in [-0.1, -0.05) is 18.2 Å². The van der Waals surface area contributed by atoms with Gasteiger partial charge in [0, 0.05) is 36.1 Å². The van der Waals surface area contributed by atoms with Crippen LogP contribution in [0.4, 0.5) is 5.69 Å². The van der Waals surface area contributed by atoms with Crippen molar-refractivity contribution < 1.29 is 0 Å². The smallest absolute Gasteiger partial charge is 0.252 e. The quantitative estimate of drug-likeness (QED) is 0.769. The summed E-state index contributed by atoms with van der Waals surface area (Å²) in [5.41, 5.74) is 3.63. The molecule has 2 saturated heterocycles. The molecular weight excluding hydrogens is 381 g/mol. The zero-order valence-corrected chi connectivity index (χ0v) is 17.1. The summed E-state index contributed by atoms with van der Waals surface area (Å²) in [6.45, 7) is 4.84. The first-order valence-electron chi connectivity index (χ1n) is 9.62. The van der Waals surface area contributed by atoms with Crippen molar-refractivity contribution in [3.05, 3.63) is 52.3 Å². The summed E-state index contributed by atoms with van der Waals surface area (Å²) in [6.07, 6.45) is 5.26. The van der Waals surface area contributed by atoms with Crippen LogP contribution in [0.1, 0.15) is 31.2 Å². The maximum Gasteiger partial charge on any atom is 0.252 e. The third-order valence-electron chi connectivity index (χ3n) is 5.80. The topological polar surface area (TPSA) is 39.3 Å². The van der Waals surface area contributed by atoms with Gasteiger partial charge in [0.05, 0.1) is 5.88 Å². The maximum atomic E-state index is 11.9. The highest BCUT2D eigenvalue weighted by molar-refractivity contribution is 6.17. The van der Waals surface area contributed by atoms with E-state index in [1.807, 2.05) is 6.07 Å². The van der Waals surface area contributed by atoms with Crippen molar-refractivity contribution in [2.24, 2.45) is 0 Å². The summed E-state index contributed by atoms with van der Waals surface area (Å²) in [4.78, 5) is 20.0. The highest BCUT2D eigenvalue weighted by Gasteiger charge is 2.26. The Labute approximate surface area is 171 Å². The number of nitrogens with zero attached hydrogens (tertiary/aromatic N) is 2. The Morgan fingerprint density at radius 1 is 0.963 bits per heavy atom. The van der Waals surface area contributed by atoms with Gasteiger partial charge in [-0.15, -0.1) is 24.0 Å². The first kappa shape index (κ1) is 20.2. The minimum atomic E-state index is -0.106. The highest BCUT2D eigenvalue weighted by Crippen LogP contribution is 2.26. The third-order valence-corrected chi connectivity index (χ3v) is 6.09. The summed E-state index contributed by atoms with van der Waals surface area (Å²) >= 11 is 5.76. The van der Waals surface area contributed by atoms with Crippen molar-refractivity contribution in [2.45, 2.75) is 37.6 Å². The van der Waals surface area contributed by atoms with Crippen LogP contribution in [-0.2, 0) is 5.88 Å². The molecule has 0 atom stereocenters. The third kappa shape index (κ3) is 4.50. The molecule has 0 saturated carbocycles. The van der Waals surface area contributed by atoms with E-state index in [-0.39, 0.29) is 23.8 Å². The number of aromatic nitrogens is 1. The van der Waals surface area contributed by atoms with Gasteiger partial charge in [0.15, 0.2) is 0 Å². The number of H-pyrrole nitrogens is 1. The van der Waals surface area contributed by atoms with Crippen LogP contribution >= 0.6 is 24.0 Å². The number of aromatic amines is 1. The molecule has 0 spiro atoms. The molecule has 0 radical (unpaired) electrons. The molecule has 0 aliphatic carbocycles. The minimum absolute atomic E-state index is 0. The van der Waals surface area contributed by atoms with Crippen LogP contribution in [-0.4, -0.2) is 42.1 Å². The number of rotatable bonds is 4. The van der Waals surface area contributed by atoms with E-state index in [9.17, 15) is 4.79 Å². The van der Waals surface area contributed by atoms with Crippen LogP contribution in [0.25, 0.3) is 11.3 Å². The lowest BCUT2D eigenvalue weighted by molar-refractivity contribution is 0.208. The van der Waals surface area contributed by atoms with Crippen LogP contribution in [0, 0.1) is 0 Å². The number of nitrogens with one attached hydrogen (secondary N) is 1. The normalized spacial score (nSPS) is 18.5. The molecule has 0 bridgehead atoms. The van der Waals surface area contributed by atoms with Crippen LogP contribution in [0.5, 0.6) is 0 Å². The van der Waals surface area contributed by atoms with Gasteiger partial charge in [-0.2, -0.15) is 0 Å². The lowest BCUT2D eigenvalue weighted by Gasteiger charge is -2.37. The fourth-order valence-corrected chi connectivity index (χ4v) is 4.44. The summed E-state index contributed by atoms with van der Waals surface area (Å²) in [7, 11) is 0. The number of likely N-dealkylation sites (tertiary alicyclic amines) is 1. The van der Waals surface area contributed by atoms with Gasteiger partial charge < -0.3 is 14.8 Å². The molecule has 146 valence electrons. The predicted molar refractivity (Wildman–Crippen MR) is 115 cm³/mol. The maximum absolute atomic E-state index is 11.9. The molecule has 3 heterocycles. The van der Waals surface area contributed by atoms with Crippen molar-refractivity contribution in [3.8, 4) is 11.3 Å². The zero-order valence-electron chi connectivity index (χ0n) is 15.5. The Morgan fingerprint density at radius 3 is 2.22 bits per heavy atom. The summed E-state index contributed by atoms with van der Waals surface area (Å²) in [5, 5.41) is 0. The lowest BCUT2D eigenvalue weighted by atomic mass is 10.0. The predicted octanol–water partition coefficient (Wildman–Crippen LogP) is 4.27. The number of piperidine rings is 1. The summed E-state index contributed by atoms with van der Waals surface area (Å²) < 4.78 is 0. The second-order valence-electron chi connectivity index (χ2n) is 7.37. The average molecular weight is 408 g/mol. The second kappa shape index (κ2) is 9.13. The molecule has 0 unspecified atom stereocenters. The van der Waals surface area contributed by atoms with E-state index in [1.54, 1.807) is 6.07 Å². The summed E-state index contributed by atoms with van der Waals surface area (Å²) in [5.74, 6) is 0.238. The molecule has 2 fully saturated rings. The Bertz CT molecular complexity index is 792. The van der Waals surface area contributed by atoms with Gasteiger partial charge in [-0.3, -0.25) is 4.79 Å². The fraction of sp³-hybridized carbons (Fsp3) is 0.476. The van der Waals surface area contributed by atoms with Gasteiger partial charge in [0.25, 0.3) is 5.56 Å². The summed E-state index contributed by atoms with van der Waals surface area (Å²) in [6, 6.07) is 13.0. The van der Waals surface area contributed by atoms with Gasteiger partial charge >= 0.3 is 0 Å². The SMILES string of the molecule is Cl.O=c1[nH]c(-c2ccc(N3CCC(N4CCCC4)CC3)cc2)ccc1CCl. The van der Waals surface area contributed by atoms with Crippen LogP contribution in [0.2, 0.25) is 0 Å². The van der Waals surface area contributed by atoms with E-state index >= 15 is 0 Å². The molecule has 27 heavy (non-hydrogen) atoms. The monoisotopic (exact) mass is 407 g/mol. The lowest BCUT2D eigenvalue weighted by Crippen LogP contribution is -2.43. The molecule has 1 aromatic heterocycles. The molecule has 1 aromatic carbocycles. The molecule has 4 rings (SSSR count). The van der Waals surface area contributed by atoms with Crippen molar-refractivity contribution >= 4 is 29.7 Å². The van der Waals surface area contributed by atoms with Gasteiger partial charge in [-0.05, 0) is 62.5 Å². The molecule has 2 aromatic rings. The van der Waals surface area contributed by atoms with Crippen LogP contribution < -0.4 is 10.5 Å². The van der Waals surface area contributed by atoms with Gasteiger partial charge in [0.1, 0.15) is 0 Å². The van der Waals surface area contributed by atoms with Crippen molar-refractivity contribution in [2.75, 3.05) is 31.1 Å². The second-order valence-corrected chi connectivity index (χ2v) is 7.64. The van der Waals surface area contributed by atoms with Gasteiger partial charge in [-0.25, -0.2) is 0 Å². The van der Waals surface area contributed by atoms with Crippen LogP contribution in [0.15, 0.2) is 41.2 Å². The Kier molecular flexibility index (Phi) is 6.85. The number of hydrogen-bond acceptors (Lipinski definition) is 3. The largest absolute Gasteiger partial charge is 0.371 e. The standard InChI is InChI=1S/C21H26ClN3O.ClH/c22-15-17-5-8-20(23-21(17)26)16-3-6-18(7-4-16)25-13-9-19(10-14-25)24-11-1-2-12-24;/h3-8,19H,1-2,9-15H2,(H,23,26);1H. The van der Waals surface area contributed by atoms with Crippen molar-refractivity contribution in [1.29, 1.82) is 0 Å². The number of alkyl halides is 1. The average Bonchev–Trinajstić information content (AvgIpc) is 3.23. The molecule has 2 aliphatic rings. The fourth-order valence-electron chi connectivity index (χ4n) is 4.23. The number of halogens is 2. The minimum Gasteiger partial charge on any atom is -0.371 e. The molecule has 1 N–H and O–H groups in total.